The second-order valence-corrected chi connectivity index (χ2v) is 5.91. The maximum absolute atomic E-state index is 6.07. The van der Waals surface area contributed by atoms with E-state index in [4.69, 9.17) is 22.3 Å². The van der Waals surface area contributed by atoms with Gasteiger partial charge in [0.1, 0.15) is 5.82 Å². The summed E-state index contributed by atoms with van der Waals surface area (Å²) in [4.78, 5) is 4.79. The second kappa shape index (κ2) is 5.14. The highest BCUT2D eigenvalue weighted by atomic mass is 35.5. The normalized spacial score (nSPS) is 17.0. The molecular formula is C15H20ClN3. The van der Waals surface area contributed by atoms with E-state index in [2.05, 4.69) is 17.6 Å². The molecule has 1 aromatic carbocycles. The quantitative estimate of drug-likeness (QED) is 0.908. The molecule has 0 aliphatic heterocycles. The smallest absolute Gasteiger partial charge is 0.110 e. The lowest BCUT2D eigenvalue weighted by molar-refractivity contribution is 0.492. The summed E-state index contributed by atoms with van der Waals surface area (Å²) in [5.74, 6) is 1.70. The highest BCUT2D eigenvalue weighted by molar-refractivity contribution is 6.31. The fourth-order valence-electron chi connectivity index (χ4n) is 2.66. The van der Waals surface area contributed by atoms with Crippen LogP contribution in [0.5, 0.6) is 0 Å². The molecular weight excluding hydrogens is 258 g/mol. The number of rotatable bonds is 5. The molecule has 2 aromatic rings. The van der Waals surface area contributed by atoms with Gasteiger partial charge >= 0.3 is 0 Å². The van der Waals surface area contributed by atoms with E-state index in [0.29, 0.717) is 12.0 Å². The molecule has 0 spiro atoms. The van der Waals surface area contributed by atoms with Gasteiger partial charge in [0.2, 0.25) is 0 Å². The molecule has 0 bridgehead atoms. The Morgan fingerprint density at radius 3 is 2.89 bits per heavy atom. The number of nitrogens with zero attached hydrogens (tertiary/aromatic N) is 2. The summed E-state index contributed by atoms with van der Waals surface area (Å²) in [6.45, 7) is 2.92. The average molecular weight is 278 g/mol. The topological polar surface area (TPSA) is 43.8 Å². The van der Waals surface area contributed by atoms with Crippen molar-refractivity contribution in [2.75, 3.05) is 6.54 Å². The van der Waals surface area contributed by atoms with Crippen LogP contribution in [0.25, 0.3) is 11.0 Å². The highest BCUT2D eigenvalue weighted by Gasteiger charge is 2.28. The molecule has 1 aliphatic carbocycles. The van der Waals surface area contributed by atoms with Crippen LogP contribution in [0.4, 0.5) is 0 Å². The zero-order valence-corrected chi connectivity index (χ0v) is 12.0. The van der Waals surface area contributed by atoms with Crippen LogP contribution >= 0.6 is 11.6 Å². The largest absolute Gasteiger partial charge is 0.330 e. The van der Waals surface area contributed by atoms with Gasteiger partial charge in [0.25, 0.3) is 0 Å². The van der Waals surface area contributed by atoms with Crippen molar-refractivity contribution in [3.63, 3.8) is 0 Å². The first kappa shape index (κ1) is 12.9. The van der Waals surface area contributed by atoms with E-state index in [1.54, 1.807) is 0 Å². The third-order valence-electron chi connectivity index (χ3n) is 4.02. The van der Waals surface area contributed by atoms with Crippen molar-refractivity contribution in [3.8, 4) is 0 Å². The Balaban J connectivity index is 2.04. The fraction of sp³-hybridized carbons (Fsp3) is 0.533. The summed E-state index contributed by atoms with van der Waals surface area (Å²) in [5, 5.41) is 0.755. The average Bonchev–Trinajstić information content (AvgIpc) is 3.18. The number of hydrogen-bond donors (Lipinski definition) is 1. The Morgan fingerprint density at radius 1 is 1.47 bits per heavy atom. The van der Waals surface area contributed by atoms with Gasteiger partial charge in [0, 0.05) is 17.5 Å². The predicted octanol–water partition coefficient (Wildman–Crippen LogP) is 3.55. The number of hydrogen-bond acceptors (Lipinski definition) is 2. The Hall–Kier alpha value is -1.06. The molecule has 0 amide bonds. The first-order valence-electron chi connectivity index (χ1n) is 7.09. The van der Waals surface area contributed by atoms with Crippen molar-refractivity contribution in [2.24, 2.45) is 11.7 Å². The van der Waals surface area contributed by atoms with Crippen LogP contribution in [0.3, 0.4) is 0 Å². The molecule has 1 unspecified atom stereocenters. The van der Waals surface area contributed by atoms with Gasteiger partial charge in [-0.3, -0.25) is 0 Å². The van der Waals surface area contributed by atoms with Gasteiger partial charge in [-0.15, -0.1) is 0 Å². The van der Waals surface area contributed by atoms with Gasteiger partial charge in [0.15, 0.2) is 0 Å². The third-order valence-corrected chi connectivity index (χ3v) is 4.25. The Morgan fingerprint density at radius 2 is 2.26 bits per heavy atom. The number of aromatic nitrogens is 2. The molecule has 102 valence electrons. The van der Waals surface area contributed by atoms with Crippen molar-refractivity contribution in [1.82, 2.24) is 9.55 Å². The molecule has 1 aromatic heterocycles. The lowest BCUT2D eigenvalue weighted by atomic mass is 10.0. The van der Waals surface area contributed by atoms with E-state index < -0.39 is 0 Å². The monoisotopic (exact) mass is 277 g/mol. The van der Waals surface area contributed by atoms with Crippen molar-refractivity contribution < 1.29 is 0 Å². The minimum Gasteiger partial charge on any atom is -0.330 e. The molecule has 1 atom stereocenters. The Kier molecular flexibility index (Phi) is 3.50. The molecule has 0 saturated heterocycles. The minimum absolute atomic E-state index is 0.518. The zero-order valence-electron chi connectivity index (χ0n) is 11.3. The standard InChI is InChI=1S/C15H20ClN3/c1-2-10(9-17)7-15-18-13-8-11(16)3-6-14(13)19(15)12-4-5-12/h3,6,8,10,12H,2,4-5,7,9,17H2,1H3. The molecule has 1 saturated carbocycles. The van der Waals surface area contributed by atoms with Gasteiger partial charge in [-0.2, -0.15) is 0 Å². The van der Waals surface area contributed by atoms with E-state index in [0.717, 1.165) is 29.9 Å². The number of nitrogens with two attached hydrogens (primary N) is 1. The number of imidazole rings is 1. The summed E-state index contributed by atoms with van der Waals surface area (Å²) in [6.07, 6.45) is 4.60. The van der Waals surface area contributed by atoms with Gasteiger partial charge in [-0.1, -0.05) is 24.9 Å². The molecule has 4 heteroatoms. The third kappa shape index (κ3) is 2.49. The number of fused-ring (bicyclic) bond motifs is 1. The van der Waals surface area contributed by atoms with Crippen LogP contribution in [0, 0.1) is 5.92 Å². The molecule has 1 heterocycles. The van der Waals surface area contributed by atoms with Crippen LogP contribution in [-0.4, -0.2) is 16.1 Å². The molecule has 2 N–H and O–H groups in total. The Labute approximate surface area is 118 Å². The molecule has 3 rings (SSSR count). The molecule has 1 aliphatic rings. The van der Waals surface area contributed by atoms with Gasteiger partial charge in [-0.05, 0) is 43.5 Å². The maximum atomic E-state index is 6.07. The number of halogens is 1. The van der Waals surface area contributed by atoms with E-state index in [9.17, 15) is 0 Å². The number of benzene rings is 1. The SMILES string of the molecule is CCC(CN)Cc1nc2cc(Cl)ccc2n1C1CC1. The second-order valence-electron chi connectivity index (χ2n) is 5.48. The van der Waals surface area contributed by atoms with Crippen LogP contribution in [-0.2, 0) is 6.42 Å². The summed E-state index contributed by atoms with van der Waals surface area (Å²) in [6, 6.07) is 6.64. The lowest BCUT2D eigenvalue weighted by Crippen LogP contribution is -2.18. The molecule has 0 radical (unpaired) electrons. The van der Waals surface area contributed by atoms with Gasteiger partial charge < -0.3 is 10.3 Å². The molecule has 1 fully saturated rings. The molecule has 3 nitrogen and oxygen atoms in total. The Bertz CT molecular complexity index is 582. The van der Waals surface area contributed by atoms with E-state index in [-0.39, 0.29) is 0 Å². The van der Waals surface area contributed by atoms with Crippen LogP contribution < -0.4 is 5.73 Å². The van der Waals surface area contributed by atoms with Gasteiger partial charge in [-0.25, -0.2) is 4.98 Å². The van der Waals surface area contributed by atoms with Gasteiger partial charge in [0.05, 0.1) is 11.0 Å². The van der Waals surface area contributed by atoms with E-state index in [1.165, 1.54) is 24.2 Å². The summed E-state index contributed by atoms with van der Waals surface area (Å²) < 4.78 is 2.41. The first-order chi connectivity index (χ1) is 9.22. The fourth-order valence-corrected chi connectivity index (χ4v) is 2.82. The van der Waals surface area contributed by atoms with Crippen LogP contribution in [0.15, 0.2) is 18.2 Å². The highest BCUT2D eigenvalue weighted by Crippen LogP contribution is 2.39. The maximum Gasteiger partial charge on any atom is 0.110 e. The van der Waals surface area contributed by atoms with Crippen molar-refractivity contribution in [1.29, 1.82) is 0 Å². The van der Waals surface area contributed by atoms with Crippen molar-refractivity contribution in [2.45, 2.75) is 38.6 Å². The van der Waals surface area contributed by atoms with Crippen molar-refractivity contribution in [3.05, 3.63) is 29.0 Å². The minimum atomic E-state index is 0.518. The van der Waals surface area contributed by atoms with Crippen LogP contribution in [0.2, 0.25) is 5.02 Å². The van der Waals surface area contributed by atoms with Crippen molar-refractivity contribution >= 4 is 22.6 Å². The molecule has 19 heavy (non-hydrogen) atoms. The van der Waals surface area contributed by atoms with E-state index >= 15 is 0 Å². The first-order valence-corrected chi connectivity index (χ1v) is 7.47. The summed E-state index contributed by atoms with van der Waals surface area (Å²) in [5.41, 5.74) is 8.06. The predicted molar refractivity (Wildman–Crippen MR) is 79.6 cm³/mol. The van der Waals surface area contributed by atoms with Crippen LogP contribution in [0.1, 0.15) is 38.1 Å². The lowest BCUT2D eigenvalue weighted by Gasteiger charge is -2.13. The summed E-state index contributed by atoms with van der Waals surface area (Å²) >= 11 is 6.07. The zero-order chi connectivity index (χ0) is 13.4. The van der Waals surface area contributed by atoms with E-state index in [1.807, 2.05) is 12.1 Å². The summed E-state index contributed by atoms with van der Waals surface area (Å²) in [7, 11) is 0.